The molecule has 2 aliphatic rings. The summed E-state index contributed by atoms with van der Waals surface area (Å²) in [6.07, 6.45) is 5.36. The molecule has 0 radical (unpaired) electrons. The molecule has 1 atom stereocenters. The van der Waals surface area contributed by atoms with Crippen LogP contribution in [0.1, 0.15) is 39.0 Å². The summed E-state index contributed by atoms with van der Waals surface area (Å²) in [5.41, 5.74) is -0.143. The average Bonchev–Trinajstić information content (AvgIpc) is 2.47. The Kier molecular flexibility index (Phi) is 4.85. The van der Waals surface area contributed by atoms with E-state index in [1.54, 1.807) is 0 Å². The highest BCUT2D eigenvalue weighted by molar-refractivity contribution is 5.83. The lowest BCUT2D eigenvalue weighted by Crippen LogP contribution is -2.54. The van der Waals surface area contributed by atoms with E-state index in [1.165, 1.54) is 0 Å². The summed E-state index contributed by atoms with van der Waals surface area (Å²) in [4.78, 5) is 17.3. The number of carbonyl (C=O) groups excluding carboxylic acids is 1. The maximum atomic E-state index is 12.9. The van der Waals surface area contributed by atoms with Crippen molar-refractivity contribution in [2.45, 2.75) is 45.1 Å². The van der Waals surface area contributed by atoms with Crippen LogP contribution in [0.4, 0.5) is 0 Å². The van der Waals surface area contributed by atoms with Crippen LogP contribution in [0.15, 0.2) is 0 Å². The first-order chi connectivity index (χ1) is 9.09. The minimum absolute atomic E-state index is 0.143. The molecule has 0 aromatic rings. The fraction of sp³-hybridized carbons (Fsp3) is 0.933. The molecule has 0 aromatic carbocycles. The maximum absolute atomic E-state index is 12.9. The van der Waals surface area contributed by atoms with Gasteiger partial charge < -0.3 is 15.1 Å². The van der Waals surface area contributed by atoms with Crippen LogP contribution in [0.3, 0.4) is 0 Å². The van der Waals surface area contributed by atoms with Gasteiger partial charge in [-0.2, -0.15) is 0 Å². The number of rotatable bonds is 3. The number of nitrogens with one attached hydrogen (secondary N) is 1. The molecule has 2 aliphatic heterocycles. The second-order valence-corrected chi connectivity index (χ2v) is 6.36. The van der Waals surface area contributed by atoms with Crippen LogP contribution in [0.2, 0.25) is 0 Å². The summed E-state index contributed by atoms with van der Waals surface area (Å²) < 4.78 is 0. The molecule has 19 heavy (non-hydrogen) atoms. The van der Waals surface area contributed by atoms with E-state index in [9.17, 15) is 4.79 Å². The molecule has 110 valence electrons. The average molecular weight is 267 g/mol. The van der Waals surface area contributed by atoms with Crippen molar-refractivity contribution in [1.82, 2.24) is 15.1 Å². The molecular weight excluding hydrogens is 238 g/mol. The Balaban J connectivity index is 2.00. The lowest BCUT2D eigenvalue weighted by molar-refractivity contribution is -0.145. The number of hydrogen-bond acceptors (Lipinski definition) is 3. The maximum Gasteiger partial charge on any atom is 0.230 e. The van der Waals surface area contributed by atoms with Gasteiger partial charge in [0.2, 0.25) is 5.91 Å². The standard InChI is InChI=1S/C15H29N3O/c1-4-15(8-5-9-16-12-15)14(19)18(3)13-6-10-17(2)11-7-13/h13,16H,4-12H2,1-3H3. The second kappa shape index (κ2) is 6.23. The van der Waals surface area contributed by atoms with E-state index in [0.717, 1.165) is 58.3 Å². The van der Waals surface area contributed by atoms with Crippen molar-refractivity contribution in [3.63, 3.8) is 0 Å². The summed E-state index contributed by atoms with van der Waals surface area (Å²) in [5, 5.41) is 3.42. The Morgan fingerprint density at radius 2 is 2.11 bits per heavy atom. The van der Waals surface area contributed by atoms with Gasteiger partial charge in [0.15, 0.2) is 0 Å². The molecule has 4 nitrogen and oxygen atoms in total. The van der Waals surface area contributed by atoms with Gasteiger partial charge in [0.05, 0.1) is 5.41 Å². The van der Waals surface area contributed by atoms with E-state index in [1.807, 2.05) is 7.05 Å². The molecule has 0 bridgehead atoms. The van der Waals surface area contributed by atoms with Gasteiger partial charge in [0.1, 0.15) is 0 Å². The van der Waals surface area contributed by atoms with Crippen molar-refractivity contribution in [2.24, 2.45) is 5.41 Å². The molecule has 2 saturated heterocycles. The van der Waals surface area contributed by atoms with Crippen LogP contribution in [0, 0.1) is 5.41 Å². The zero-order valence-electron chi connectivity index (χ0n) is 12.7. The van der Waals surface area contributed by atoms with Crippen LogP contribution in [-0.2, 0) is 4.79 Å². The van der Waals surface area contributed by atoms with E-state index < -0.39 is 0 Å². The highest BCUT2D eigenvalue weighted by Crippen LogP contribution is 2.33. The number of carbonyl (C=O) groups is 1. The largest absolute Gasteiger partial charge is 0.342 e. The summed E-state index contributed by atoms with van der Waals surface area (Å²) in [7, 11) is 4.18. The Morgan fingerprint density at radius 3 is 2.63 bits per heavy atom. The quantitative estimate of drug-likeness (QED) is 0.838. The lowest BCUT2D eigenvalue weighted by atomic mass is 9.76. The van der Waals surface area contributed by atoms with E-state index in [4.69, 9.17) is 0 Å². The Bertz CT molecular complexity index is 305. The number of nitrogens with zero attached hydrogens (tertiary/aromatic N) is 2. The van der Waals surface area contributed by atoms with E-state index in [0.29, 0.717) is 11.9 Å². The van der Waals surface area contributed by atoms with Gasteiger partial charge in [-0.15, -0.1) is 0 Å². The van der Waals surface area contributed by atoms with Gasteiger partial charge in [-0.3, -0.25) is 4.79 Å². The number of amides is 1. The molecule has 1 amide bonds. The van der Waals surface area contributed by atoms with Crippen LogP contribution < -0.4 is 5.32 Å². The lowest BCUT2D eigenvalue weighted by Gasteiger charge is -2.42. The van der Waals surface area contributed by atoms with Gasteiger partial charge in [-0.25, -0.2) is 0 Å². The molecule has 1 N–H and O–H groups in total. The topological polar surface area (TPSA) is 35.6 Å². The van der Waals surface area contributed by atoms with Crippen molar-refractivity contribution in [3.05, 3.63) is 0 Å². The summed E-state index contributed by atoms with van der Waals surface area (Å²) >= 11 is 0. The molecule has 0 spiro atoms. The fourth-order valence-corrected chi connectivity index (χ4v) is 3.53. The summed E-state index contributed by atoms with van der Waals surface area (Å²) in [5.74, 6) is 0.372. The first-order valence-electron chi connectivity index (χ1n) is 7.75. The highest BCUT2D eigenvalue weighted by atomic mass is 16.2. The molecule has 1 unspecified atom stereocenters. The summed E-state index contributed by atoms with van der Waals surface area (Å²) in [6, 6.07) is 0.439. The van der Waals surface area contributed by atoms with Crippen molar-refractivity contribution in [1.29, 1.82) is 0 Å². The van der Waals surface area contributed by atoms with Gasteiger partial charge in [0.25, 0.3) is 0 Å². The van der Waals surface area contributed by atoms with Crippen LogP contribution in [-0.4, -0.2) is 62.0 Å². The first-order valence-corrected chi connectivity index (χ1v) is 7.75. The van der Waals surface area contributed by atoms with Gasteiger partial charge in [-0.05, 0) is 58.8 Å². The zero-order valence-corrected chi connectivity index (χ0v) is 12.7. The van der Waals surface area contributed by atoms with Crippen molar-refractivity contribution in [2.75, 3.05) is 40.3 Å². The molecule has 2 heterocycles. The highest BCUT2D eigenvalue weighted by Gasteiger charge is 2.41. The molecule has 2 rings (SSSR count). The van der Waals surface area contributed by atoms with Crippen LogP contribution >= 0.6 is 0 Å². The molecule has 0 saturated carbocycles. The minimum Gasteiger partial charge on any atom is -0.342 e. The van der Waals surface area contributed by atoms with Crippen molar-refractivity contribution < 1.29 is 4.79 Å². The third-order valence-corrected chi connectivity index (χ3v) is 5.16. The van der Waals surface area contributed by atoms with Gasteiger partial charge >= 0.3 is 0 Å². The third kappa shape index (κ3) is 3.11. The van der Waals surface area contributed by atoms with Gasteiger partial charge in [-0.1, -0.05) is 6.92 Å². The van der Waals surface area contributed by atoms with E-state index >= 15 is 0 Å². The van der Waals surface area contributed by atoms with Gasteiger partial charge in [0, 0.05) is 19.6 Å². The second-order valence-electron chi connectivity index (χ2n) is 6.36. The zero-order chi connectivity index (χ0) is 13.9. The third-order valence-electron chi connectivity index (χ3n) is 5.16. The molecular formula is C15H29N3O. The number of piperidine rings is 2. The Labute approximate surface area is 117 Å². The predicted molar refractivity (Wildman–Crippen MR) is 78.1 cm³/mol. The molecule has 0 aliphatic carbocycles. The van der Waals surface area contributed by atoms with E-state index in [2.05, 4.69) is 29.1 Å². The SMILES string of the molecule is CCC1(C(=O)N(C)C2CCN(C)CC2)CCCNC1. The number of hydrogen-bond donors (Lipinski definition) is 1. The van der Waals surface area contributed by atoms with E-state index in [-0.39, 0.29) is 5.41 Å². The Morgan fingerprint density at radius 1 is 1.42 bits per heavy atom. The normalized spacial score (nSPS) is 30.3. The molecule has 2 fully saturated rings. The molecule has 4 heteroatoms. The monoisotopic (exact) mass is 267 g/mol. The van der Waals surface area contributed by atoms with Crippen molar-refractivity contribution >= 4 is 5.91 Å². The van der Waals surface area contributed by atoms with Crippen LogP contribution in [0.5, 0.6) is 0 Å². The summed E-state index contributed by atoms with van der Waals surface area (Å²) in [6.45, 7) is 6.30. The minimum atomic E-state index is -0.143. The first kappa shape index (κ1) is 14.8. The van der Waals surface area contributed by atoms with Crippen molar-refractivity contribution in [3.8, 4) is 0 Å². The van der Waals surface area contributed by atoms with Crippen LogP contribution in [0.25, 0.3) is 0 Å². The number of likely N-dealkylation sites (tertiary alicyclic amines) is 1. The fourth-order valence-electron chi connectivity index (χ4n) is 3.53. The Hall–Kier alpha value is -0.610. The smallest absolute Gasteiger partial charge is 0.230 e. The molecule has 0 aromatic heterocycles. The predicted octanol–water partition coefficient (Wildman–Crippen LogP) is 1.32.